The molecule has 0 radical (unpaired) electrons. The number of carbonyl (C=O) groups excluding carboxylic acids is 1. The summed E-state index contributed by atoms with van der Waals surface area (Å²) in [6.45, 7) is 7.34. The van der Waals surface area contributed by atoms with E-state index in [1.54, 1.807) is 6.20 Å². The number of halogens is 1. The Morgan fingerprint density at radius 1 is 1.28 bits per heavy atom. The standard InChI is InChI=1S/C20H33N7O.HI/c1-2-26-10-4-6-17(26)14-25-20(22)24-13-16-5-3-9-23-19(16)27-11-7-15(8-12-27)18(21)28;/h3,5,9,15,17H,2,4,6-8,10-14H2,1H3,(H2,21,28)(H3,22,24,25);1H. The minimum absolute atomic E-state index is 0. The second-order valence-electron chi connectivity index (χ2n) is 7.66. The van der Waals surface area contributed by atoms with Crippen LogP contribution in [-0.2, 0) is 11.3 Å². The van der Waals surface area contributed by atoms with Crippen LogP contribution in [0.5, 0.6) is 0 Å². The summed E-state index contributed by atoms with van der Waals surface area (Å²) < 4.78 is 0. The molecule has 0 saturated carbocycles. The molecule has 1 amide bonds. The first-order chi connectivity index (χ1) is 13.6. The third-order valence-corrected chi connectivity index (χ3v) is 5.91. The van der Waals surface area contributed by atoms with Crippen LogP contribution in [0.15, 0.2) is 23.3 Å². The van der Waals surface area contributed by atoms with Crippen molar-refractivity contribution in [1.82, 2.24) is 15.2 Å². The van der Waals surface area contributed by atoms with Gasteiger partial charge in [0.2, 0.25) is 5.91 Å². The molecule has 8 nitrogen and oxygen atoms in total. The number of hydrogen-bond donors (Lipinski definition) is 3. The van der Waals surface area contributed by atoms with Crippen molar-refractivity contribution in [3.8, 4) is 0 Å². The van der Waals surface area contributed by atoms with Gasteiger partial charge in [-0.1, -0.05) is 13.0 Å². The molecule has 29 heavy (non-hydrogen) atoms. The van der Waals surface area contributed by atoms with E-state index in [2.05, 4.69) is 32.0 Å². The largest absolute Gasteiger partial charge is 0.370 e. The minimum atomic E-state index is -0.201. The number of guanidine groups is 1. The zero-order valence-electron chi connectivity index (χ0n) is 17.2. The Bertz CT molecular complexity index is 691. The smallest absolute Gasteiger partial charge is 0.220 e. The summed E-state index contributed by atoms with van der Waals surface area (Å²) in [5.74, 6) is 1.17. The molecular formula is C20H34IN7O. The van der Waals surface area contributed by atoms with E-state index in [0.29, 0.717) is 18.5 Å². The second kappa shape index (κ2) is 11.5. The maximum atomic E-state index is 11.4. The molecule has 3 rings (SSSR count). The maximum Gasteiger partial charge on any atom is 0.220 e. The van der Waals surface area contributed by atoms with Gasteiger partial charge in [-0.05, 0) is 44.8 Å². The van der Waals surface area contributed by atoms with Gasteiger partial charge < -0.3 is 21.7 Å². The van der Waals surface area contributed by atoms with Crippen LogP contribution >= 0.6 is 24.0 Å². The van der Waals surface area contributed by atoms with Crippen LogP contribution in [0, 0.1) is 5.92 Å². The predicted octanol–water partition coefficient (Wildman–Crippen LogP) is 1.29. The van der Waals surface area contributed by atoms with Crippen molar-refractivity contribution in [3.05, 3.63) is 23.9 Å². The highest BCUT2D eigenvalue weighted by Gasteiger charge is 2.25. The Kier molecular flexibility index (Phi) is 9.41. The van der Waals surface area contributed by atoms with Gasteiger partial charge in [0.25, 0.3) is 0 Å². The molecule has 9 heteroatoms. The predicted molar refractivity (Wildman–Crippen MR) is 127 cm³/mol. The highest BCUT2D eigenvalue weighted by atomic mass is 127. The van der Waals surface area contributed by atoms with Gasteiger partial charge in [-0.15, -0.1) is 24.0 Å². The molecule has 1 atom stereocenters. The molecule has 5 N–H and O–H groups in total. The summed E-state index contributed by atoms with van der Waals surface area (Å²) in [5, 5.41) is 3.28. The van der Waals surface area contributed by atoms with Crippen LogP contribution in [0.4, 0.5) is 5.82 Å². The zero-order valence-corrected chi connectivity index (χ0v) is 19.5. The Balaban J connectivity index is 0.00000300. The van der Waals surface area contributed by atoms with Gasteiger partial charge in [0.05, 0.1) is 6.54 Å². The number of aromatic nitrogens is 1. The number of primary amides is 1. The number of nitrogens with zero attached hydrogens (tertiary/aromatic N) is 4. The van der Waals surface area contributed by atoms with Crippen LogP contribution in [-0.4, -0.2) is 60.5 Å². The molecule has 2 aliphatic rings. The summed E-state index contributed by atoms with van der Waals surface area (Å²) in [6, 6.07) is 4.50. The van der Waals surface area contributed by atoms with E-state index in [1.165, 1.54) is 19.4 Å². The number of rotatable bonds is 7. The fourth-order valence-electron chi connectivity index (χ4n) is 4.21. The van der Waals surface area contributed by atoms with Gasteiger partial charge in [0.15, 0.2) is 5.96 Å². The minimum Gasteiger partial charge on any atom is -0.370 e. The number of pyridine rings is 1. The Morgan fingerprint density at radius 2 is 2.03 bits per heavy atom. The van der Waals surface area contributed by atoms with Gasteiger partial charge in [-0.3, -0.25) is 9.69 Å². The van der Waals surface area contributed by atoms with E-state index in [9.17, 15) is 4.79 Å². The number of amides is 1. The third-order valence-electron chi connectivity index (χ3n) is 5.91. The van der Waals surface area contributed by atoms with Crippen molar-refractivity contribution in [1.29, 1.82) is 0 Å². The normalized spacial score (nSPS) is 21.1. The molecule has 3 heterocycles. The molecule has 0 aliphatic carbocycles. The Labute approximate surface area is 190 Å². The van der Waals surface area contributed by atoms with Crippen LogP contribution < -0.4 is 21.7 Å². The molecule has 2 fully saturated rings. The molecule has 0 aromatic carbocycles. The Hall–Kier alpha value is -1.62. The van der Waals surface area contributed by atoms with Crippen molar-refractivity contribution >= 4 is 41.7 Å². The Morgan fingerprint density at radius 3 is 2.72 bits per heavy atom. The molecule has 1 unspecified atom stereocenters. The van der Waals surface area contributed by atoms with Crippen LogP contribution in [0.1, 0.15) is 38.2 Å². The van der Waals surface area contributed by atoms with Gasteiger partial charge in [-0.25, -0.2) is 9.98 Å². The van der Waals surface area contributed by atoms with Crippen molar-refractivity contribution in [2.24, 2.45) is 22.4 Å². The lowest BCUT2D eigenvalue weighted by molar-refractivity contribution is -0.122. The van der Waals surface area contributed by atoms with E-state index in [4.69, 9.17) is 11.5 Å². The van der Waals surface area contributed by atoms with Crippen molar-refractivity contribution in [2.45, 2.75) is 45.2 Å². The summed E-state index contributed by atoms with van der Waals surface area (Å²) in [7, 11) is 0. The lowest BCUT2D eigenvalue weighted by Gasteiger charge is -2.32. The molecular weight excluding hydrogens is 481 g/mol. The lowest BCUT2D eigenvalue weighted by Crippen LogP contribution is -2.42. The van der Waals surface area contributed by atoms with Crippen molar-refractivity contribution < 1.29 is 4.79 Å². The van der Waals surface area contributed by atoms with Gasteiger partial charge in [0.1, 0.15) is 5.82 Å². The average molecular weight is 515 g/mol. The van der Waals surface area contributed by atoms with Crippen molar-refractivity contribution in [3.63, 3.8) is 0 Å². The topological polar surface area (TPSA) is 113 Å². The number of hydrogen-bond acceptors (Lipinski definition) is 5. The number of aliphatic imine (C=N–C) groups is 1. The fourth-order valence-corrected chi connectivity index (χ4v) is 4.21. The lowest BCUT2D eigenvalue weighted by atomic mass is 9.96. The van der Waals surface area contributed by atoms with Crippen LogP contribution in [0.2, 0.25) is 0 Å². The number of likely N-dealkylation sites (N-methyl/N-ethyl adjacent to an activating group) is 1. The van der Waals surface area contributed by atoms with Crippen LogP contribution in [0.3, 0.4) is 0 Å². The number of likely N-dealkylation sites (tertiary alicyclic amines) is 1. The monoisotopic (exact) mass is 515 g/mol. The average Bonchev–Trinajstić information content (AvgIpc) is 3.18. The first-order valence-corrected chi connectivity index (χ1v) is 10.3. The first kappa shape index (κ1) is 23.7. The summed E-state index contributed by atoms with van der Waals surface area (Å²) in [6.07, 6.45) is 5.80. The van der Waals surface area contributed by atoms with E-state index in [1.807, 2.05) is 12.1 Å². The first-order valence-electron chi connectivity index (χ1n) is 10.3. The molecule has 2 saturated heterocycles. The molecule has 0 spiro atoms. The van der Waals surface area contributed by atoms with Gasteiger partial charge in [-0.2, -0.15) is 0 Å². The van der Waals surface area contributed by atoms with E-state index in [0.717, 1.165) is 50.4 Å². The molecule has 2 aliphatic heterocycles. The SMILES string of the molecule is CCN1CCCC1CNC(N)=NCc1cccnc1N1CCC(C(N)=O)CC1.I. The number of carbonyl (C=O) groups is 1. The molecule has 162 valence electrons. The highest BCUT2D eigenvalue weighted by Crippen LogP contribution is 2.25. The fraction of sp³-hybridized carbons (Fsp3) is 0.650. The maximum absolute atomic E-state index is 11.4. The summed E-state index contributed by atoms with van der Waals surface area (Å²) >= 11 is 0. The van der Waals surface area contributed by atoms with E-state index >= 15 is 0 Å². The van der Waals surface area contributed by atoms with Gasteiger partial charge >= 0.3 is 0 Å². The molecule has 1 aromatic rings. The van der Waals surface area contributed by atoms with Crippen LogP contribution in [0.25, 0.3) is 0 Å². The number of piperidine rings is 1. The summed E-state index contributed by atoms with van der Waals surface area (Å²) in [5.41, 5.74) is 12.6. The quantitative estimate of drug-likeness (QED) is 0.287. The van der Waals surface area contributed by atoms with Gasteiger partial charge in [0, 0.05) is 43.4 Å². The molecule has 0 bridgehead atoms. The summed E-state index contributed by atoms with van der Waals surface area (Å²) in [4.78, 5) is 25.2. The van der Waals surface area contributed by atoms with E-state index < -0.39 is 0 Å². The third kappa shape index (κ3) is 6.43. The zero-order chi connectivity index (χ0) is 19.9. The highest BCUT2D eigenvalue weighted by molar-refractivity contribution is 14.0. The van der Waals surface area contributed by atoms with E-state index in [-0.39, 0.29) is 35.8 Å². The number of nitrogens with one attached hydrogen (secondary N) is 1. The number of nitrogens with two attached hydrogens (primary N) is 2. The number of anilines is 1. The molecule has 1 aromatic heterocycles. The second-order valence-corrected chi connectivity index (χ2v) is 7.66. The van der Waals surface area contributed by atoms with Crippen molar-refractivity contribution in [2.75, 3.05) is 37.6 Å².